The molecule has 9 heteroatoms. The number of benzene rings is 2. The second-order valence-corrected chi connectivity index (χ2v) is 9.62. The van der Waals surface area contributed by atoms with Gasteiger partial charge in [0.2, 0.25) is 0 Å². The monoisotopic (exact) mass is 465 g/mol. The van der Waals surface area contributed by atoms with Crippen LogP contribution in [0.2, 0.25) is 0 Å². The van der Waals surface area contributed by atoms with Crippen molar-refractivity contribution >= 4 is 54.0 Å². The van der Waals surface area contributed by atoms with Gasteiger partial charge >= 0.3 is 0 Å². The number of aromatic nitrogens is 1. The molecule has 0 aliphatic carbocycles. The zero-order valence-electron chi connectivity index (χ0n) is 14.5. The molecule has 0 unspecified atom stereocenters. The Kier molecular flexibility index (Phi) is 5.64. The Morgan fingerprint density at radius 1 is 1.15 bits per heavy atom. The minimum absolute atomic E-state index is 0.00104. The lowest BCUT2D eigenvalue weighted by Crippen LogP contribution is -2.16. The van der Waals surface area contributed by atoms with Gasteiger partial charge in [0.1, 0.15) is 0 Å². The van der Waals surface area contributed by atoms with Crippen LogP contribution < -0.4 is 10.0 Å². The molecule has 0 aliphatic heterocycles. The van der Waals surface area contributed by atoms with Crippen molar-refractivity contribution in [3.05, 3.63) is 69.1 Å². The van der Waals surface area contributed by atoms with Gasteiger partial charge in [-0.15, -0.1) is 11.3 Å². The van der Waals surface area contributed by atoms with E-state index in [0.29, 0.717) is 15.3 Å². The second kappa shape index (κ2) is 7.79. The van der Waals surface area contributed by atoms with E-state index in [0.717, 1.165) is 10.4 Å². The number of carbonyl (C=O) groups is 1. The number of nitrogens with zero attached hydrogens (tertiary/aromatic N) is 1. The van der Waals surface area contributed by atoms with Crippen molar-refractivity contribution in [1.29, 1.82) is 0 Å². The van der Waals surface area contributed by atoms with Crippen LogP contribution in [0.25, 0.3) is 0 Å². The van der Waals surface area contributed by atoms with Gasteiger partial charge in [-0.05, 0) is 65.7 Å². The van der Waals surface area contributed by atoms with Crippen molar-refractivity contribution in [3.8, 4) is 0 Å². The molecule has 27 heavy (non-hydrogen) atoms. The Bertz CT molecular complexity index is 1110. The van der Waals surface area contributed by atoms with Gasteiger partial charge in [0, 0.05) is 21.1 Å². The summed E-state index contributed by atoms with van der Waals surface area (Å²) in [5, 5.41) is 3.14. The molecule has 2 aromatic carbocycles. The number of aryl methyl sites for hydroxylation is 2. The van der Waals surface area contributed by atoms with Crippen LogP contribution in [0, 0.1) is 13.8 Å². The lowest BCUT2D eigenvalue weighted by molar-refractivity contribution is 0.102. The Morgan fingerprint density at radius 3 is 2.63 bits per heavy atom. The van der Waals surface area contributed by atoms with Gasteiger partial charge in [-0.1, -0.05) is 12.1 Å². The van der Waals surface area contributed by atoms with Crippen molar-refractivity contribution in [2.45, 2.75) is 18.7 Å². The van der Waals surface area contributed by atoms with Crippen LogP contribution in [0.1, 0.15) is 20.8 Å². The summed E-state index contributed by atoms with van der Waals surface area (Å²) in [5.41, 5.74) is 1.58. The summed E-state index contributed by atoms with van der Waals surface area (Å²) < 4.78 is 28.6. The highest BCUT2D eigenvalue weighted by Gasteiger charge is 2.18. The first-order valence-electron chi connectivity index (χ1n) is 7.87. The summed E-state index contributed by atoms with van der Waals surface area (Å²) >= 11 is 4.68. The molecule has 0 saturated heterocycles. The molecule has 3 rings (SSSR count). The molecule has 6 nitrogen and oxygen atoms in total. The highest BCUT2D eigenvalue weighted by atomic mass is 79.9. The van der Waals surface area contributed by atoms with E-state index in [1.165, 1.54) is 29.5 Å². The van der Waals surface area contributed by atoms with Crippen LogP contribution >= 0.6 is 27.3 Å². The zero-order valence-corrected chi connectivity index (χ0v) is 17.7. The fourth-order valence-electron chi connectivity index (χ4n) is 2.31. The summed E-state index contributed by atoms with van der Waals surface area (Å²) in [6, 6.07) is 11.2. The molecular formula is C18H16BrN3O3S2. The maximum Gasteiger partial charge on any atom is 0.261 e. The third-order valence-corrected chi connectivity index (χ3v) is 6.50. The quantitative estimate of drug-likeness (QED) is 0.577. The van der Waals surface area contributed by atoms with E-state index in [-0.39, 0.29) is 10.5 Å². The number of hydrogen-bond donors (Lipinski definition) is 2. The van der Waals surface area contributed by atoms with Gasteiger partial charge in [0.25, 0.3) is 15.9 Å². The first-order valence-corrected chi connectivity index (χ1v) is 11.0. The lowest BCUT2D eigenvalue weighted by atomic mass is 10.2. The number of anilines is 2. The SMILES string of the molecule is Cc1ccc(Br)c(NS(=O)(=O)c2cccc(C(=O)Nc3ncc(C)s3)c2)c1. The van der Waals surface area contributed by atoms with Crippen molar-refractivity contribution in [2.75, 3.05) is 10.0 Å². The predicted octanol–water partition coefficient (Wildman–Crippen LogP) is 4.58. The third-order valence-electron chi connectivity index (χ3n) is 3.61. The Hall–Kier alpha value is -2.23. The number of hydrogen-bond acceptors (Lipinski definition) is 5. The van der Waals surface area contributed by atoms with E-state index in [4.69, 9.17) is 0 Å². The first-order chi connectivity index (χ1) is 12.7. The van der Waals surface area contributed by atoms with E-state index in [9.17, 15) is 13.2 Å². The number of carbonyl (C=O) groups excluding carboxylic acids is 1. The summed E-state index contributed by atoms with van der Waals surface area (Å²) in [6.45, 7) is 3.76. The van der Waals surface area contributed by atoms with Crippen LogP contribution in [0.4, 0.5) is 10.8 Å². The van der Waals surface area contributed by atoms with Gasteiger partial charge < -0.3 is 0 Å². The molecule has 1 heterocycles. The first kappa shape index (κ1) is 19.5. The number of halogens is 1. The smallest absolute Gasteiger partial charge is 0.261 e. The van der Waals surface area contributed by atoms with Gasteiger partial charge in [-0.2, -0.15) is 0 Å². The average Bonchev–Trinajstić information content (AvgIpc) is 3.03. The van der Waals surface area contributed by atoms with Gasteiger partial charge in [0.15, 0.2) is 5.13 Å². The van der Waals surface area contributed by atoms with Gasteiger partial charge in [-0.3, -0.25) is 14.8 Å². The number of sulfonamides is 1. The highest BCUT2D eigenvalue weighted by Crippen LogP contribution is 2.26. The second-order valence-electron chi connectivity index (χ2n) is 5.85. The number of rotatable bonds is 5. The molecule has 0 fully saturated rings. The van der Waals surface area contributed by atoms with Crippen LogP contribution in [0.3, 0.4) is 0 Å². The minimum atomic E-state index is -3.85. The molecular weight excluding hydrogens is 450 g/mol. The predicted molar refractivity (Wildman–Crippen MR) is 111 cm³/mol. The number of amides is 1. The van der Waals surface area contributed by atoms with Crippen LogP contribution in [-0.4, -0.2) is 19.3 Å². The molecule has 2 N–H and O–H groups in total. The molecule has 1 aromatic heterocycles. The number of nitrogens with one attached hydrogen (secondary N) is 2. The van der Waals surface area contributed by atoms with Crippen molar-refractivity contribution in [1.82, 2.24) is 4.98 Å². The standard InChI is InChI=1S/C18H16BrN3O3S2/c1-11-6-7-15(19)16(8-11)22-27(24,25)14-5-3-4-13(9-14)17(23)21-18-20-10-12(2)26-18/h3-10,22H,1-2H3,(H,20,21,23). The molecule has 1 amide bonds. The fraction of sp³-hybridized carbons (Fsp3) is 0.111. The van der Waals surface area contributed by atoms with Gasteiger partial charge in [0.05, 0.1) is 10.6 Å². The molecule has 3 aromatic rings. The van der Waals surface area contributed by atoms with E-state index in [1.807, 2.05) is 19.9 Å². The van der Waals surface area contributed by atoms with E-state index in [1.54, 1.807) is 24.4 Å². The topological polar surface area (TPSA) is 88.2 Å². The van der Waals surface area contributed by atoms with Crippen LogP contribution in [-0.2, 0) is 10.0 Å². The molecule has 0 saturated carbocycles. The van der Waals surface area contributed by atoms with E-state index in [2.05, 4.69) is 31.0 Å². The van der Waals surface area contributed by atoms with Gasteiger partial charge in [-0.25, -0.2) is 13.4 Å². The van der Waals surface area contributed by atoms with E-state index >= 15 is 0 Å². The summed E-state index contributed by atoms with van der Waals surface area (Å²) in [6.07, 6.45) is 1.66. The Balaban J connectivity index is 1.85. The average molecular weight is 466 g/mol. The molecule has 0 aliphatic rings. The molecule has 0 atom stereocenters. The third kappa shape index (κ3) is 4.74. The molecule has 0 bridgehead atoms. The fourth-order valence-corrected chi connectivity index (χ4v) is 4.56. The maximum atomic E-state index is 12.7. The van der Waals surface area contributed by atoms with Crippen molar-refractivity contribution in [2.24, 2.45) is 0 Å². The minimum Gasteiger partial charge on any atom is -0.298 e. The largest absolute Gasteiger partial charge is 0.298 e. The molecule has 0 radical (unpaired) electrons. The Morgan fingerprint density at radius 2 is 1.93 bits per heavy atom. The number of thiazole rings is 1. The lowest BCUT2D eigenvalue weighted by Gasteiger charge is -2.11. The highest BCUT2D eigenvalue weighted by molar-refractivity contribution is 9.10. The van der Waals surface area contributed by atoms with Crippen LogP contribution in [0.15, 0.2) is 58.0 Å². The molecule has 0 spiro atoms. The van der Waals surface area contributed by atoms with Crippen molar-refractivity contribution in [3.63, 3.8) is 0 Å². The van der Waals surface area contributed by atoms with E-state index < -0.39 is 15.9 Å². The summed E-state index contributed by atoms with van der Waals surface area (Å²) in [7, 11) is -3.85. The Labute approximate surface area is 169 Å². The van der Waals surface area contributed by atoms with Crippen molar-refractivity contribution < 1.29 is 13.2 Å². The zero-order chi connectivity index (χ0) is 19.6. The summed E-state index contributed by atoms with van der Waals surface area (Å²) in [5.74, 6) is -0.418. The molecule has 140 valence electrons. The normalized spacial score (nSPS) is 11.2. The van der Waals surface area contributed by atoms with Crippen LogP contribution in [0.5, 0.6) is 0 Å². The maximum absolute atomic E-state index is 12.7. The summed E-state index contributed by atoms with van der Waals surface area (Å²) in [4.78, 5) is 17.4.